The van der Waals surface area contributed by atoms with Crippen LogP contribution in [0.15, 0.2) is 18.2 Å². The van der Waals surface area contributed by atoms with E-state index in [1.54, 1.807) is 0 Å². The molecule has 6 heteroatoms. The quantitative estimate of drug-likeness (QED) is 0.662. The molecule has 2 unspecified atom stereocenters. The van der Waals surface area contributed by atoms with Gasteiger partial charge in [0.05, 0.1) is 16.6 Å². The number of piperidine rings is 1. The van der Waals surface area contributed by atoms with Gasteiger partial charge in [-0.05, 0) is 24.9 Å². The van der Waals surface area contributed by atoms with Gasteiger partial charge in [-0.25, -0.2) is 0 Å². The van der Waals surface area contributed by atoms with Crippen LogP contribution in [-0.2, 0) is 0 Å². The lowest BCUT2D eigenvalue weighted by Crippen LogP contribution is -2.42. The van der Waals surface area contributed by atoms with Crippen LogP contribution in [0.3, 0.4) is 0 Å². The standard InChI is InChI=1S/C13H15N3O3/c1-9-4-5-15-8-13(9)19-12-6-10(7-14)2-3-11(12)16(17)18/h2-3,6,9,13,15H,4-5,8H2,1H3. The van der Waals surface area contributed by atoms with Crippen LogP contribution in [-0.4, -0.2) is 24.1 Å². The number of hydrogen-bond donors (Lipinski definition) is 1. The van der Waals surface area contributed by atoms with Crippen molar-refractivity contribution in [3.63, 3.8) is 0 Å². The van der Waals surface area contributed by atoms with Gasteiger partial charge in [0.2, 0.25) is 0 Å². The summed E-state index contributed by atoms with van der Waals surface area (Å²) < 4.78 is 5.75. The van der Waals surface area contributed by atoms with Gasteiger partial charge in [0.25, 0.3) is 0 Å². The van der Waals surface area contributed by atoms with Crippen LogP contribution in [0.2, 0.25) is 0 Å². The molecule has 0 aliphatic carbocycles. The van der Waals surface area contributed by atoms with Crippen molar-refractivity contribution in [2.75, 3.05) is 13.1 Å². The lowest BCUT2D eigenvalue weighted by atomic mass is 9.97. The van der Waals surface area contributed by atoms with E-state index in [9.17, 15) is 10.1 Å². The molecule has 0 amide bonds. The van der Waals surface area contributed by atoms with E-state index >= 15 is 0 Å². The Kier molecular flexibility index (Phi) is 3.97. The average molecular weight is 261 g/mol. The third-order valence-electron chi connectivity index (χ3n) is 3.32. The Morgan fingerprint density at radius 1 is 1.58 bits per heavy atom. The van der Waals surface area contributed by atoms with Crippen molar-refractivity contribution in [1.82, 2.24) is 5.32 Å². The maximum Gasteiger partial charge on any atom is 0.311 e. The number of benzene rings is 1. The first-order valence-corrected chi connectivity index (χ1v) is 6.17. The van der Waals surface area contributed by atoms with Crippen LogP contribution in [0.5, 0.6) is 5.75 Å². The van der Waals surface area contributed by atoms with Gasteiger partial charge in [-0.2, -0.15) is 5.26 Å². The molecule has 0 spiro atoms. The molecule has 100 valence electrons. The summed E-state index contributed by atoms with van der Waals surface area (Å²) in [6, 6.07) is 6.13. The van der Waals surface area contributed by atoms with Crippen LogP contribution < -0.4 is 10.1 Å². The monoisotopic (exact) mass is 261 g/mol. The Morgan fingerprint density at radius 2 is 2.37 bits per heavy atom. The Morgan fingerprint density at radius 3 is 3.00 bits per heavy atom. The maximum absolute atomic E-state index is 11.0. The SMILES string of the molecule is CC1CCNCC1Oc1cc(C#N)ccc1[N+](=O)[O-]. The number of nitro benzene ring substituents is 1. The lowest BCUT2D eigenvalue weighted by Gasteiger charge is -2.29. The van der Waals surface area contributed by atoms with E-state index < -0.39 is 4.92 Å². The first kappa shape index (κ1) is 13.3. The van der Waals surface area contributed by atoms with Crippen molar-refractivity contribution >= 4 is 5.69 Å². The van der Waals surface area contributed by atoms with Crippen molar-refractivity contribution in [1.29, 1.82) is 5.26 Å². The molecule has 1 aromatic rings. The molecule has 0 bridgehead atoms. The predicted octanol–water partition coefficient (Wildman–Crippen LogP) is 1.84. The first-order chi connectivity index (χ1) is 9.11. The summed E-state index contributed by atoms with van der Waals surface area (Å²) in [7, 11) is 0. The number of ether oxygens (including phenoxy) is 1. The summed E-state index contributed by atoms with van der Waals surface area (Å²) in [5, 5.41) is 23.0. The highest BCUT2D eigenvalue weighted by molar-refractivity contribution is 5.51. The first-order valence-electron chi connectivity index (χ1n) is 6.17. The topological polar surface area (TPSA) is 88.2 Å². The Balaban J connectivity index is 2.26. The molecule has 2 rings (SSSR count). The van der Waals surface area contributed by atoms with Gasteiger partial charge in [0.15, 0.2) is 5.75 Å². The molecule has 1 aromatic carbocycles. The molecule has 0 saturated carbocycles. The predicted molar refractivity (Wildman–Crippen MR) is 68.9 cm³/mol. The molecule has 0 aromatic heterocycles. The summed E-state index contributed by atoms with van der Waals surface area (Å²) in [5.41, 5.74) is 0.258. The van der Waals surface area contributed by atoms with Gasteiger partial charge < -0.3 is 10.1 Å². The highest BCUT2D eigenvalue weighted by Crippen LogP contribution is 2.30. The summed E-state index contributed by atoms with van der Waals surface area (Å²) in [6.07, 6.45) is 0.859. The minimum atomic E-state index is -0.489. The van der Waals surface area contributed by atoms with Crippen LogP contribution in [0.4, 0.5) is 5.69 Å². The largest absolute Gasteiger partial charge is 0.482 e. The number of rotatable bonds is 3. The van der Waals surface area contributed by atoms with Gasteiger partial charge >= 0.3 is 5.69 Å². The van der Waals surface area contributed by atoms with E-state index in [2.05, 4.69) is 12.2 Å². The van der Waals surface area contributed by atoms with E-state index in [0.29, 0.717) is 18.0 Å². The molecular weight excluding hydrogens is 246 g/mol. The third-order valence-corrected chi connectivity index (χ3v) is 3.32. The van der Waals surface area contributed by atoms with Gasteiger partial charge in [-0.15, -0.1) is 0 Å². The van der Waals surface area contributed by atoms with Crippen molar-refractivity contribution < 1.29 is 9.66 Å². The molecule has 1 aliphatic heterocycles. The van der Waals surface area contributed by atoms with Crippen molar-refractivity contribution in [3.05, 3.63) is 33.9 Å². The highest BCUT2D eigenvalue weighted by atomic mass is 16.6. The number of nitrogens with one attached hydrogen (secondary N) is 1. The fourth-order valence-electron chi connectivity index (χ4n) is 2.11. The number of hydrogen-bond acceptors (Lipinski definition) is 5. The average Bonchev–Trinajstić information content (AvgIpc) is 2.41. The van der Waals surface area contributed by atoms with E-state index in [1.165, 1.54) is 18.2 Å². The smallest absolute Gasteiger partial charge is 0.311 e. The molecule has 6 nitrogen and oxygen atoms in total. The molecule has 1 fully saturated rings. The zero-order valence-electron chi connectivity index (χ0n) is 10.6. The van der Waals surface area contributed by atoms with E-state index in [4.69, 9.17) is 10.00 Å². The second kappa shape index (κ2) is 5.67. The minimum Gasteiger partial charge on any atom is -0.482 e. The molecular formula is C13H15N3O3. The van der Waals surface area contributed by atoms with Crippen LogP contribution in [0.1, 0.15) is 18.9 Å². The molecule has 1 saturated heterocycles. The van der Waals surface area contributed by atoms with Crippen LogP contribution in [0, 0.1) is 27.4 Å². The second-order valence-electron chi connectivity index (χ2n) is 4.68. The molecule has 1 heterocycles. The van der Waals surface area contributed by atoms with Crippen LogP contribution in [0.25, 0.3) is 0 Å². The summed E-state index contributed by atoms with van der Waals surface area (Å²) in [6.45, 7) is 3.65. The second-order valence-corrected chi connectivity index (χ2v) is 4.68. The van der Waals surface area contributed by atoms with E-state index in [-0.39, 0.29) is 17.5 Å². The number of nitriles is 1. The van der Waals surface area contributed by atoms with E-state index in [0.717, 1.165) is 13.0 Å². The molecule has 0 radical (unpaired) electrons. The maximum atomic E-state index is 11.0. The van der Waals surface area contributed by atoms with Crippen molar-refractivity contribution in [2.45, 2.75) is 19.4 Å². The molecule has 19 heavy (non-hydrogen) atoms. The zero-order valence-corrected chi connectivity index (χ0v) is 10.6. The fraction of sp³-hybridized carbons (Fsp3) is 0.462. The minimum absolute atomic E-state index is 0.100. The van der Waals surface area contributed by atoms with Gasteiger partial charge in [0, 0.05) is 18.7 Å². The molecule has 2 atom stereocenters. The molecule has 1 aliphatic rings. The van der Waals surface area contributed by atoms with Crippen molar-refractivity contribution in [2.24, 2.45) is 5.92 Å². The number of nitrogens with zero attached hydrogens (tertiary/aromatic N) is 2. The summed E-state index contributed by atoms with van der Waals surface area (Å²) >= 11 is 0. The zero-order chi connectivity index (χ0) is 13.8. The van der Waals surface area contributed by atoms with Gasteiger partial charge in [-0.3, -0.25) is 10.1 Å². The van der Waals surface area contributed by atoms with Gasteiger partial charge in [-0.1, -0.05) is 6.92 Å². The fourth-order valence-corrected chi connectivity index (χ4v) is 2.11. The third kappa shape index (κ3) is 3.01. The Labute approximate surface area is 111 Å². The van der Waals surface area contributed by atoms with Crippen LogP contribution >= 0.6 is 0 Å². The normalized spacial score (nSPS) is 22.5. The van der Waals surface area contributed by atoms with E-state index in [1.807, 2.05) is 6.07 Å². The number of nitro groups is 1. The van der Waals surface area contributed by atoms with Crippen molar-refractivity contribution in [3.8, 4) is 11.8 Å². The molecule has 1 N–H and O–H groups in total. The Bertz CT molecular complexity index is 524. The summed E-state index contributed by atoms with van der Waals surface area (Å²) in [5.74, 6) is 0.496. The highest BCUT2D eigenvalue weighted by Gasteiger charge is 2.26. The van der Waals surface area contributed by atoms with Gasteiger partial charge in [0.1, 0.15) is 6.10 Å². The lowest BCUT2D eigenvalue weighted by molar-refractivity contribution is -0.386. The Hall–Kier alpha value is -2.13. The summed E-state index contributed by atoms with van der Waals surface area (Å²) in [4.78, 5) is 10.5.